The number of anilines is 1. The number of hydrogen-bond donors (Lipinski definition) is 2. The Hall–Kier alpha value is -3.33. The van der Waals surface area contributed by atoms with Crippen LogP contribution in [0.25, 0.3) is 11.0 Å². The topological polar surface area (TPSA) is 107 Å². The van der Waals surface area contributed by atoms with Gasteiger partial charge in [0.2, 0.25) is 0 Å². The van der Waals surface area contributed by atoms with Crippen LogP contribution in [0.5, 0.6) is 5.75 Å². The Bertz CT molecular complexity index is 1010. The summed E-state index contributed by atoms with van der Waals surface area (Å²) in [5, 5.41) is 7.29. The molecule has 0 unspecified atom stereocenters. The van der Waals surface area contributed by atoms with E-state index < -0.39 is 17.9 Å². The highest BCUT2D eigenvalue weighted by Gasteiger charge is 2.20. The van der Waals surface area contributed by atoms with Gasteiger partial charge in [0, 0.05) is 5.39 Å². The van der Waals surface area contributed by atoms with E-state index >= 15 is 0 Å². The summed E-state index contributed by atoms with van der Waals surface area (Å²) in [4.78, 5) is 35.8. The molecule has 1 aromatic carbocycles. The normalized spacial score (nSPS) is 10.4. The molecule has 0 aliphatic heterocycles. The maximum absolute atomic E-state index is 12.5. The molecule has 0 atom stereocenters. The van der Waals surface area contributed by atoms with E-state index in [4.69, 9.17) is 9.15 Å². The Morgan fingerprint density at radius 1 is 1.19 bits per heavy atom. The summed E-state index contributed by atoms with van der Waals surface area (Å²) < 4.78 is 15.5. The molecule has 140 valence electrons. The fourth-order valence-corrected chi connectivity index (χ4v) is 3.16. The summed E-state index contributed by atoms with van der Waals surface area (Å²) in [6.07, 6.45) is -0.885. The number of benzene rings is 1. The fraction of sp³-hybridized carbons (Fsp3) is 0.167. The van der Waals surface area contributed by atoms with Crippen molar-refractivity contribution in [3.05, 3.63) is 47.0 Å². The molecule has 0 aliphatic rings. The summed E-state index contributed by atoms with van der Waals surface area (Å²) >= 11 is 1.14. The molecular weight excluding hydrogens is 372 g/mol. The molecule has 3 amide bonds. The minimum atomic E-state index is -0.885. The van der Waals surface area contributed by atoms with Gasteiger partial charge in [0.15, 0.2) is 17.1 Å². The van der Waals surface area contributed by atoms with Crippen LogP contribution in [0.2, 0.25) is 0 Å². The molecule has 0 saturated heterocycles. The maximum Gasteiger partial charge on any atom is 0.413 e. The highest BCUT2D eigenvalue weighted by molar-refractivity contribution is 7.14. The molecule has 9 heteroatoms. The number of alkyl carbamates (subject to hydrolysis) is 1. The number of hydrogen-bond acceptors (Lipinski definition) is 7. The number of nitrogens with one attached hydrogen (secondary N) is 2. The van der Waals surface area contributed by atoms with E-state index in [-0.39, 0.29) is 16.3 Å². The first-order valence-electron chi connectivity index (χ1n) is 7.97. The number of rotatable bonds is 5. The number of ether oxygens (including phenoxy) is 2. The highest BCUT2D eigenvalue weighted by atomic mass is 32.1. The highest BCUT2D eigenvalue weighted by Crippen LogP contribution is 2.30. The van der Waals surface area contributed by atoms with Crippen LogP contribution in [0.4, 0.5) is 9.80 Å². The Morgan fingerprint density at radius 2 is 2.00 bits per heavy atom. The van der Waals surface area contributed by atoms with Crippen molar-refractivity contribution in [1.82, 2.24) is 5.32 Å². The first kappa shape index (κ1) is 18.5. The van der Waals surface area contributed by atoms with Crippen LogP contribution in [-0.4, -0.2) is 31.6 Å². The number of fused-ring (bicyclic) bond motifs is 1. The Morgan fingerprint density at radius 3 is 2.74 bits per heavy atom. The SMILES string of the molecule is CCOc1cccc2cc(C(=O)Nc3sccc3C(=O)NC(=O)OC)oc12. The second kappa shape index (κ2) is 7.92. The number of imide groups is 1. The van der Waals surface area contributed by atoms with Crippen LogP contribution in [0, 0.1) is 0 Å². The van der Waals surface area contributed by atoms with E-state index in [2.05, 4.69) is 10.1 Å². The van der Waals surface area contributed by atoms with Gasteiger partial charge in [-0.15, -0.1) is 11.3 Å². The summed E-state index contributed by atoms with van der Waals surface area (Å²) in [6.45, 7) is 2.32. The Labute approximate surface area is 158 Å². The zero-order chi connectivity index (χ0) is 19.4. The van der Waals surface area contributed by atoms with Gasteiger partial charge in [-0.1, -0.05) is 12.1 Å². The first-order chi connectivity index (χ1) is 13.0. The van der Waals surface area contributed by atoms with Gasteiger partial charge in [-0.3, -0.25) is 14.9 Å². The minimum Gasteiger partial charge on any atom is -0.490 e. The second-order valence-electron chi connectivity index (χ2n) is 5.28. The molecule has 0 aliphatic carbocycles. The largest absolute Gasteiger partial charge is 0.490 e. The van der Waals surface area contributed by atoms with E-state index in [0.717, 1.165) is 23.8 Å². The van der Waals surface area contributed by atoms with Gasteiger partial charge in [-0.05, 0) is 30.5 Å². The van der Waals surface area contributed by atoms with Crippen molar-refractivity contribution in [2.45, 2.75) is 6.92 Å². The predicted octanol–water partition coefficient (Wildman–Crippen LogP) is 3.64. The molecule has 2 heterocycles. The number of para-hydroxylation sites is 1. The monoisotopic (exact) mass is 388 g/mol. The van der Waals surface area contributed by atoms with E-state index in [1.807, 2.05) is 12.2 Å². The van der Waals surface area contributed by atoms with Gasteiger partial charge in [0.05, 0.1) is 19.3 Å². The van der Waals surface area contributed by atoms with Crippen molar-refractivity contribution in [2.75, 3.05) is 19.0 Å². The van der Waals surface area contributed by atoms with Crippen LogP contribution in [0.1, 0.15) is 27.8 Å². The molecule has 27 heavy (non-hydrogen) atoms. The van der Waals surface area contributed by atoms with E-state index in [1.54, 1.807) is 29.6 Å². The van der Waals surface area contributed by atoms with Gasteiger partial charge >= 0.3 is 6.09 Å². The third-order valence-corrected chi connectivity index (χ3v) is 4.40. The van der Waals surface area contributed by atoms with Crippen molar-refractivity contribution >= 4 is 45.2 Å². The number of carbonyl (C=O) groups excluding carboxylic acids is 3. The van der Waals surface area contributed by atoms with Crippen molar-refractivity contribution < 1.29 is 28.3 Å². The van der Waals surface area contributed by atoms with E-state index in [9.17, 15) is 14.4 Å². The molecule has 0 spiro atoms. The molecule has 8 nitrogen and oxygen atoms in total. The molecule has 2 aromatic heterocycles. The van der Waals surface area contributed by atoms with Gasteiger partial charge in [0.1, 0.15) is 5.00 Å². The first-order valence-corrected chi connectivity index (χ1v) is 8.85. The second-order valence-corrected chi connectivity index (χ2v) is 6.20. The Balaban J connectivity index is 1.81. The number of amides is 3. The fourth-order valence-electron chi connectivity index (χ4n) is 2.38. The number of methoxy groups -OCH3 is 1. The van der Waals surface area contributed by atoms with Crippen molar-refractivity contribution in [2.24, 2.45) is 0 Å². The zero-order valence-corrected chi connectivity index (χ0v) is 15.3. The van der Waals surface area contributed by atoms with Crippen LogP contribution >= 0.6 is 11.3 Å². The van der Waals surface area contributed by atoms with Crippen molar-refractivity contribution in [3.63, 3.8) is 0 Å². The van der Waals surface area contributed by atoms with E-state index in [0.29, 0.717) is 17.9 Å². The summed E-state index contributed by atoms with van der Waals surface area (Å²) in [5.41, 5.74) is 0.615. The minimum absolute atomic E-state index is 0.0740. The van der Waals surface area contributed by atoms with Gasteiger partial charge < -0.3 is 19.2 Å². The van der Waals surface area contributed by atoms with Crippen LogP contribution in [-0.2, 0) is 4.74 Å². The van der Waals surface area contributed by atoms with Gasteiger partial charge in [-0.2, -0.15) is 0 Å². The molecule has 0 fully saturated rings. The van der Waals surface area contributed by atoms with Crippen LogP contribution in [0.3, 0.4) is 0 Å². The third-order valence-electron chi connectivity index (χ3n) is 3.57. The molecular formula is C18H16N2O6S. The lowest BCUT2D eigenvalue weighted by Crippen LogP contribution is -2.30. The third kappa shape index (κ3) is 3.93. The lowest BCUT2D eigenvalue weighted by molar-refractivity contribution is 0.0938. The van der Waals surface area contributed by atoms with E-state index in [1.165, 1.54) is 6.07 Å². The maximum atomic E-state index is 12.5. The zero-order valence-electron chi connectivity index (χ0n) is 14.5. The molecule has 0 radical (unpaired) electrons. The smallest absolute Gasteiger partial charge is 0.413 e. The van der Waals surface area contributed by atoms with Crippen molar-refractivity contribution in [3.8, 4) is 5.75 Å². The Kier molecular flexibility index (Phi) is 5.41. The predicted molar refractivity (Wildman–Crippen MR) is 99.5 cm³/mol. The van der Waals surface area contributed by atoms with Crippen LogP contribution in [0.15, 0.2) is 40.1 Å². The van der Waals surface area contributed by atoms with Crippen LogP contribution < -0.4 is 15.4 Å². The van der Waals surface area contributed by atoms with Gasteiger partial charge in [-0.25, -0.2) is 4.79 Å². The lowest BCUT2D eigenvalue weighted by atomic mass is 10.2. The average molecular weight is 388 g/mol. The molecule has 0 saturated carbocycles. The van der Waals surface area contributed by atoms with Gasteiger partial charge in [0.25, 0.3) is 11.8 Å². The molecule has 3 aromatic rings. The summed E-state index contributed by atoms with van der Waals surface area (Å²) in [6, 6.07) is 8.45. The molecule has 2 N–H and O–H groups in total. The summed E-state index contributed by atoms with van der Waals surface area (Å²) in [7, 11) is 1.15. The number of furan rings is 1. The molecule has 3 rings (SSSR count). The molecule has 0 bridgehead atoms. The standard InChI is InChI=1S/C18H16N2O6S/c1-3-25-12-6-4-5-10-9-13(26-14(10)12)16(22)19-17-11(7-8-27-17)15(21)20-18(23)24-2/h4-9H,3H2,1-2H3,(H,19,22)(H,20,21,23). The quantitative estimate of drug-likeness (QED) is 0.691. The average Bonchev–Trinajstić information content (AvgIpc) is 3.29. The number of thiophene rings is 1. The number of carbonyl (C=O) groups is 3. The summed E-state index contributed by atoms with van der Waals surface area (Å²) in [5.74, 6) is -0.585. The van der Waals surface area contributed by atoms with Crippen molar-refractivity contribution in [1.29, 1.82) is 0 Å². The lowest BCUT2D eigenvalue weighted by Gasteiger charge is -2.05.